The first-order valence-electron chi connectivity index (χ1n) is 10.5. The molecule has 0 amide bonds. The van der Waals surface area contributed by atoms with Crippen molar-refractivity contribution in [2.75, 3.05) is 44.3 Å². The van der Waals surface area contributed by atoms with Gasteiger partial charge in [-0.05, 0) is 57.1 Å². The van der Waals surface area contributed by atoms with Crippen LogP contribution in [0.2, 0.25) is 0 Å². The molecule has 1 aromatic rings. The van der Waals surface area contributed by atoms with Crippen molar-refractivity contribution in [1.82, 2.24) is 15.6 Å². The van der Waals surface area contributed by atoms with Crippen LogP contribution >= 0.6 is 24.0 Å². The van der Waals surface area contributed by atoms with Crippen molar-refractivity contribution in [2.45, 2.75) is 53.0 Å². The first-order chi connectivity index (χ1) is 13.2. The van der Waals surface area contributed by atoms with Gasteiger partial charge in [0, 0.05) is 45.6 Å². The average molecular weight is 503 g/mol. The zero-order valence-electron chi connectivity index (χ0n) is 17.7. The summed E-state index contributed by atoms with van der Waals surface area (Å²) in [7, 11) is 0. The van der Waals surface area contributed by atoms with Crippen molar-refractivity contribution in [1.29, 1.82) is 0 Å². The molecule has 160 valence electrons. The second-order valence-corrected chi connectivity index (χ2v) is 7.22. The van der Waals surface area contributed by atoms with Gasteiger partial charge in [-0.3, -0.25) is 0 Å². The van der Waals surface area contributed by atoms with Crippen molar-refractivity contribution >= 4 is 35.8 Å². The van der Waals surface area contributed by atoms with E-state index in [1.54, 1.807) is 0 Å². The molecule has 1 fully saturated rings. The number of ether oxygens (including phenoxy) is 1. The molecule has 2 N–H and O–H groups in total. The number of nitrogens with zero attached hydrogens (tertiary/aromatic N) is 3. The van der Waals surface area contributed by atoms with Gasteiger partial charge in [0.25, 0.3) is 0 Å². The molecule has 0 atom stereocenters. The monoisotopic (exact) mass is 503 g/mol. The van der Waals surface area contributed by atoms with E-state index in [2.05, 4.69) is 51.5 Å². The summed E-state index contributed by atoms with van der Waals surface area (Å²) in [4.78, 5) is 11.7. The second-order valence-electron chi connectivity index (χ2n) is 7.22. The lowest BCUT2D eigenvalue weighted by Crippen LogP contribution is -2.37. The predicted octanol–water partition coefficient (Wildman–Crippen LogP) is 3.81. The number of anilines is 1. The van der Waals surface area contributed by atoms with Crippen molar-refractivity contribution in [3.05, 3.63) is 23.9 Å². The molecule has 0 spiro atoms. The summed E-state index contributed by atoms with van der Waals surface area (Å²) in [6, 6.07) is 4.28. The molecule has 1 saturated heterocycles. The summed E-state index contributed by atoms with van der Waals surface area (Å²) in [5.74, 6) is 2.79. The molecule has 0 radical (unpaired) electrons. The van der Waals surface area contributed by atoms with Crippen LogP contribution in [0.25, 0.3) is 0 Å². The fraction of sp³-hybridized carbons (Fsp3) is 0.714. The van der Waals surface area contributed by atoms with Gasteiger partial charge in [-0.15, -0.1) is 24.0 Å². The van der Waals surface area contributed by atoms with Crippen LogP contribution < -0.4 is 15.5 Å². The average Bonchev–Trinajstić information content (AvgIpc) is 2.70. The first kappa shape index (κ1) is 24.9. The molecule has 0 aromatic carbocycles. The van der Waals surface area contributed by atoms with Gasteiger partial charge in [0.05, 0.1) is 6.54 Å². The number of aromatic nitrogens is 1. The van der Waals surface area contributed by atoms with E-state index in [0.717, 1.165) is 75.5 Å². The third-order valence-corrected chi connectivity index (χ3v) is 4.89. The molecule has 6 nitrogen and oxygen atoms in total. The lowest BCUT2D eigenvalue weighted by molar-refractivity contribution is 0.143. The SMILES string of the molecule is CCNC(=NCc1ccc(N2CCC(C)CC2)nc1)NCCCCOCC.I. The van der Waals surface area contributed by atoms with Crippen molar-refractivity contribution < 1.29 is 4.74 Å². The Balaban J connectivity index is 0.00000392. The van der Waals surface area contributed by atoms with Gasteiger partial charge in [-0.25, -0.2) is 9.98 Å². The fourth-order valence-corrected chi connectivity index (χ4v) is 3.13. The van der Waals surface area contributed by atoms with Crippen LogP contribution in [-0.4, -0.2) is 50.3 Å². The lowest BCUT2D eigenvalue weighted by atomic mass is 9.99. The van der Waals surface area contributed by atoms with Crippen LogP contribution in [0, 0.1) is 5.92 Å². The normalized spacial score (nSPS) is 15.2. The Morgan fingerprint density at radius 1 is 1.21 bits per heavy atom. The minimum absolute atomic E-state index is 0. The highest BCUT2D eigenvalue weighted by Crippen LogP contribution is 2.21. The van der Waals surface area contributed by atoms with Crippen LogP contribution in [0.15, 0.2) is 23.3 Å². The number of hydrogen-bond donors (Lipinski definition) is 2. The summed E-state index contributed by atoms with van der Waals surface area (Å²) < 4.78 is 5.37. The summed E-state index contributed by atoms with van der Waals surface area (Å²) >= 11 is 0. The van der Waals surface area contributed by atoms with E-state index in [1.807, 2.05) is 13.1 Å². The van der Waals surface area contributed by atoms with E-state index in [4.69, 9.17) is 4.74 Å². The maximum atomic E-state index is 5.37. The van der Waals surface area contributed by atoms with Gasteiger partial charge in [0.15, 0.2) is 5.96 Å². The number of halogens is 1. The van der Waals surface area contributed by atoms with Gasteiger partial charge in [-0.1, -0.05) is 13.0 Å². The molecule has 2 rings (SSSR count). The first-order valence-corrected chi connectivity index (χ1v) is 10.5. The Labute approximate surface area is 187 Å². The van der Waals surface area contributed by atoms with Gasteiger partial charge in [-0.2, -0.15) is 0 Å². The minimum atomic E-state index is 0. The number of guanidine groups is 1. The lowest BCUT2D eigenvalue weighted by Gasteiger charge is -2.31. The molecular weight excluding hydrogens is 465 g/mol. The molecule has 1 aliphatic rings. The van der Waals surface area contributed by atoms with Crippen molar-refractivity contribution in [3.63, 3.8) is 0 Å². The molecule has 2 heterocycles. The molecule has 0 unspecified atom stereocenters. The van der Waals surface area contributed by atoms with E-state index < -0.39 is 0 Å². The topological polar surface area (TPSA) is 61.8 Å². The predicted molar refractivity (Wildman–Crippen MR) is 129 cm³/mol. The van der Waals surface area contributed by atoms with E-state index in [1.165, 1.54) is 12.8 Å². The Morgan fingerprint density at radius 3 is 2.64 bits per heavy atom. The van der Waals surface area contributed by atoms with Crippen LogP contribution in [0.4, 0.5) is 5.82 Å². The Hall–Kier alpha value is -1.09. The van der Waals surface area contributed by atoms with E-state index in [0.29, 0.717) is 6.54 Å². The summed E-state index contributed by atoms with van der Waals surface area (Å²) in [5.41, 5.74) is 1.14. The number of aliphatic imine (C=N–C) groups is 1. The third kappa shape index (κ3) is 9.41. The van der Waals surface area contributed by atoms with Gasteiger partial charge >= 0.3 is 0 Å². The zero-order chi connectivity index (χ0) is 19.3. The number of nitrogens with one attached hydrogen (secondary N) is 2. The quantitative estimate of drug-likeness (QED) is 0.220. The van der Waals surface area contributed by atoms with E-state index >= 15 is 0 Å². The molecule has 7 heteroatoms. The number of pyridine rings is 1. The zero-order valence-corrected chi connectivity index (χ0v) is 20.1. The molecule has 1 aliphatic heterocycles. The molecule has 0 aliphatic carbocycles. The van der Waals surface area contributed by atoms with Crippen LogP contribution in [0.5, 0.6) is 0 Å². The van der Waals surface area contributed by atoms with E-state index in [-0.39, 0.29) is 24.0 Å². The van der Waals surface area contributed by atoms with Crippen molar-refractivity contribution in [2.24, 2.45) is 10.9 Å². The van der Waals surface area contributed by atoms with Crippen LogP contribution in [-0.2, 0) is 11.3 Å². The summed E-state index contributed by atoms with van der Waals surface area (Å²) in [5, 5.41) is 6.69. The molecule has 28 heavy (non-hydrogen) atoms. The molecule has 1 aromatic heterocycles. The van der Waals surface area contributed by atoms with Crippen LogP contribution in [0.3, 0.4) is 0 Å². The Morgan fingerprint density at radius 2 is 2.00 bits per heavy atom. The fourth-order valence-electron chi connectivity index (χ4n) is 3.13. The summed E-state index contributed by atoms with van der Waals surface area (Å²) in [6.07, 6.45) is 6.63. The largest absolute Gasteiger partial charge is 0.382 e. The van der Waals surface area contributed by atoms with E-state index in [9.17, 15) is 0 Å². The van der Waals surface area contributed by atoms with Gasteiger partial charge < -0.3 is 20.3 Å². The third-order valence-electron chi connectivity index (χ3n) is 4.89. The van der Waals surface area contributed by atoms with Crippen molar-refractivity contribution in [3.8, 4) is 0 Å². The highest BCUT2D eigenvalue weighted by Gasteiger charge is 2.16. The summed E-state index contributed by atoms with van der Waals surface area (Å²) in [6.45, 7) is 12.7. The maximum absolute atomic E-state index is 5.37. The number of rotatable bonds is 10. The highest BCUT2D eigenvalue weighted by atomic mass is 127. The standard InChI is InChI=1S/C21H37N5O.HI/c1-4-22-21(23-12-6-7-15-27-5-2)25-17-19-8-9-20(24-16-19)26-13-10-18(3)11-14-26;/h8-9,16,18H,4-7,10-15,17H2,1-3H3,(H2,22,23,25);1H. The number of unbranched alkanes of at least 4 members (excludes halogenated alkanes) is 1. The Bertz CT molecular complexity index is 544. The van der Waals surface area contributed by atoms with Gasteiger partial charge in [0.2, 0.25) is 0 Å². The number of hydrogen-bond acceptors (Lipinski definition) is 4. The maximum Gasteiger partial charge on any atom is 0.191 e. The smallest absolute Gasteiger partial charge is 0.191 e. The number of piperidine rings is 1. The molecule has 0 bridgehead atoms. The molecular formula is C21H38IN5O. The molecule has 0 saturated carbocycles. The van der Waals surface area contributed by atoms with Gasteiger partial charge in [0.1, 0.15) is 5.82 Å². The second kappa shape index (κ2) is 14.8. The van der Waals surface area contributed by atoms with Crippen LogP contribution in [0.1, 0.15) is 52.0 Å². The minimum Gasteiger partial charge on any atom is -0.382 e. The highest BCUT2D eigenvalue weighted by molar-refractivity contribution is 14.0. The Kier molecular flexibility index (Phi) is 13.2.